The maximum absolute atomic E-state index is 12.2. The van der Waals surface area contributed by atoms with E-state index in [4.69, 9.17) is 9.47 Å². The van der Waals surface area contributed by atoms with Gasteiger partial charge in [-0.3, -0.25) is 0 Å². The standard InChI is InChI=1S/C24H29N3O4/c1-24(2,3)31-23(29)26-11-9-19(10-12-26)30-20-5-7-22(25-15-20)27-13-8-18-14-17(16-28)4-6-21(18)27/h4-8,13-15,19,28H,9-12,16H2,1-3H3. The molecular weight excluding hydrogens is 394 g/mol. The van der Waals surface area contributed by atoms with Crippen LogP contribution in [0.2, 0.25) is 0 Å². The van der Waals surface area contributed by atoms with Crippen LogP contribution < -0.4 is 4.74 Å². The molecule has 1 fully saturated rings. The molecule has 0 bridgehead atoms. The number of ether oxygens (including phenoxy) is 2. The van der Waals surface area contributed by atoms with Gasteiger partial charge in [0.25, 0.3) is 0 Å². The average molecular weight is 424 g/mol. The van der Waals surface area contributed by atoms with Gasteiger partial charge in [-0.25, -0.2) is 9.78 Å². The first-order valence-corrected chi connectivity index (χ1v) is 10.6. The van der Waals surface area contributed by atoms with Crippen LogP contribution in [0.25, 0.3) is 16.7 Å². The van der Waals surface area contributed by atoms with Crippen LogP contribution in [0.3, 0.4) is 0 Å². The van der Waals surface area contributed by atoms with E-state index < -0.39 is 5.60 Å². The van der Waals surface area contributed by atoms with Crippen LogP contribution in [-0.2, 0) is 11.3 Å². The number of benzene rings is 1. The minimum atomic E-state index is -0.482. The lowest BCUT2D eigenvalue weighted by atomic mass is 10.1. The molecule has 3 aromatic rings. The van der Waals surface area contributed by atoms with Gasteiger partial charge < -0.3 is 24.0 Å². The highest BCUT2D eigenvalue weighted by molar-refractivity contribution is 5.82. The zero-order valence-corrected chi connectivity index (χ0v) is 18.2. The first kappa shape index (κ1) is 21.2. The Kier molecular flexibility index (Phi) is 5.87. The van der Waals surface area contributed by atoms with Gasteiger partial charge in [0.1, 0.15) is 23.3 Å². The normalized spacial score (nSPS) is 15.3. The number of hydrogen-bond acceptors (Lipinski definition) is 5. The summed E-state index contributed by atoms with van der Waals surface area (Å²) in [5, 5.41) is 10.4. The van der Waals surface area contributed by atoms with E-state index >= 15 is 0 Å². The minimum Gasteiger partial charge on any atom is -0.489 e. The number of carbonyl (C=O) groups excluding carboxylic acids is 1. The van der Waals surface area contributed by atoms with E-state index in [-0.39, 0.29) is 18.8 Å². The van der Waals surface area contributed by atoms with Gasteiger partial charge in [-0.15, -0.1) is 0 Å². The third kappa shape index (κ3) is 4.99. The molecule has 1 aromatic carbocycles. The number of hydrogen-bond donors (Lipinski definition) is 1. The fraction of sp³-hybridized carbons (Fsp3) is 0.417. The Morgan fingerprint density at radius 3 is 2.58 bits per heavy atom. The molecule has 7 heteroatoms. The fourth-order valence-electron chi connectivity index (χ4n) is 3.75. The maximum Gasteiger partial charge on any atom is 0.410 e. The van der Waals surface area contributed by atoms with E-state index in [9.17, 15) is 9.90 Å². The maximum atomic E-state index is 12.2. The molecule has 1 saturated heterocycles. The number of amides is 1. The van der Waals surface area contributed by atoms with Crippen molar-refractivity contribution < 1.29 is 19.4 Å². The largest absolute Gasteiger partial charge is 0.489 e. The van der Waals surface area contributed by atoms with Crippen LogP contribution in [0.15, 0.2) is 48.8 Å². The predicted octanol–water partition coefficient (Wildman–Crippen LogP) is 4.30. The summed E-state index contributed by atoms with van der Waals surface area (Å²) in [6.07, 6.45) is 5.02. The number of piperidine rings is 1. The van der Waals surface area contributed by atoms with Crippen LogP contribution in [0.4, 0.5) is 4.79 Å². The summed E-state index contributed by atoms with van der Waals surface area (Å²) in [4.78, 5) is 18.5. The summed E-state index contributed by atoms with van der Waals surface area (Å²) in [6, 6.07) is 11.8. The number of pyridine rings is 1. The SMILES string of the molecule is CC(C)(C)OC(=O)N1CCC(Oc2ccc(-n3ccc4cc(CO)ccc43)nc2)CC1. The van der Waals surface area contributed by atoms with E-state index in [1.165, 1.54) is 0 Å². The highest BCUT2D eigenvalue weighted by Crippen LogP contribution is 2.24. The number of carbonyl (C=O) groups is 1. The van der Waals surface area contributed by atoms with Crippen molar-refractivity contribution in [1.82, 2.24) is 14.5 Å². The van der Waals surface area contributed by atoms with E-state index in [2.05, 4.69) is 4.98 Å². The van der Waals surface area contributed by atoms with Crippen LogP contribution in [0, 0.1) is 0 Å². The van der Waals surface area contributed by atoms with Crippen LogP contribution in [-0.4, -0.2) is 50.4 Å². The Morgan fingerprint density at radius 1 is 1.16 bits per heavy atom. The van der Waals surface area contributed by atoms with Gasteiger partial charge in [0, 0.05) is 37.5 Å². The molecule has 0 atom stereocenters. The Bertz CT molecular complexity index is 1040. The molecule has 0 radical (unpaired) electrons. The summed E-state index contributed by atoms with van der Waals surface area (Å²) in [7, 11) is 0. The highest BCUT2D eigenvalue weighted by atomic mass is 16.6. The lowest BCUT2D eigenvalue weighted by Gasteiger charge is -2.33. The molecule has 4 rings (SSSR count). The number of rotatable bonds is 4. The van der Waals surface area contributed by atoms with E-state index in [1.54, 1.807) is 11.1 Å². The van der Waals surface area contributed by atoms with Gasteiger partial charge in [-0.2, -0.15) is 0 Å². The summed E-state index contributed by atoms with van der Waals surface area (Å²) in [5.74, 6) is 1.53. The summed E-state index contributed by atoms with van der Waals surface area (Å²) >= 11 is 0. The predicted molar refractivity (Wildman–Crippen MR) is 118 cm³/mol. The number of aliphatic hydroxyl groups is 1. The Hall–Kier alpha value is -3.06. The lowest BCUT2D eigenvalue weighted by molar-refractivity contribution is 0.0126. The second-order valence-electron chi connectivity index (χ2n) is 8.87. The Balaban J connectivity index is 1.36. The van der Waals surface area contributed by atoms with Crippen molar-refractivity contribution in [3.63, 3.8) is 0 Å². The molecule has 1 aliphatic rings. The third-order valence-corrected chi connectivity index (χ3v) is 5.30. The van der Waals surface area contributed by atoms with E-state index in [1.807, 2.05) is 67.9 Å². The number of aliphatic hydroxyl groups excluding tert-OH is 1. The molecule has 0 aliphatic carbocycles. The van der Waals surface area contributed by atoms with Crippen molar-refractivity contribution in [3.05, 3.63) is 54.4 Å². The molecule has 2 aromatic heterocycles. The van der Waals surface area contributed by atoms with Crippen molar-refractivity contribution in [2.75, 3.05) is 13.1 Å². The quantitative estimate of drug-likeness (QED) is 0.677. The smallest absolute Gasteiger partial charge is 0.410 e. The Labute approximate surface area is 182 Å². The Morgan fingerprint density at radius 2 is 1.94 bits per heavy atom. The van der Waals surface area contributed by atoms with Gasteiger partial charge in [0.15, 0.2) is 0 Å². The highest BCUT2D eigenvalue weighted by Gasteiger charge is 2.27. The second kappa shape index (κ2) is 8.59. The number of nitrogens with zero attached hydrogens (tertiary/aromatic N) is 3. The first-order chi connectivity index (χ1) is 14.8. The number of fused-ring (bicyclic) bond motifs is 1. The van der Waals surface area contributed by atoms with Crippen molar-refractivity contribution >= 4 is 17.0 Å². The molecule has 1 amide bonds. The van der Waals surface area contributed by atoms with Gasteiger partial charge in [-0.05, 0) is 56.7 Å². The van der Waals surface area contributed by atoms with E-state index in [0.717, 1.165) is 40.9 Å². The van der Waals surface area contributed by atoms with Gasteiger partial charge in [0.05, 0.1) is 18.3 Å². The second-order valence-corrected chi connectivity index (χ2v) is 8.87. The van der Waals surface area contributed by atoms with Crippen molar-refractivity contribution in [2.24, 2.45) is 0 Å². The molecule has 1 aliphatic heterocycles. The molecule has 0 spiro atoms. The fourth-order valence-corrected chi connectivity index (χ4v) is 3.75. The molecule has 164 valence electrons. The van der Waals surface area contributed by atoms with Crippen LogP contribution in [0.1, 0.15) is 39.2 Å². The minimum absolute atomic E-state index is 0.0299. The zero-order chi connectivity index (χ0) is 22.0. The van der Waals surface area contributed by atoms with Gasteiger partial charge in [0.2, 0.25) is 0 Å². The zero-order valence-electron chi connectivity index (χ0n) is 18.2. The molecule has 0 saturated carbocycles. The van der Waals surface area contributed by atoms with Crippen LogP contribution in [0.5, 0.6) is 5.75 Å². The van der Waals surface area contributed by atoms with E-state index in [0.29, 0.717) is 13.1 Å². The lowest BCUT2D eigenvalue weighted by Crippen LogP contribution is -2.44. The average Bonchev–Trinajstić information content (AvgIpc) is 3.16. The molecule has 3 heterocycles. The summed E-state index contributed by atoms with van der Waals surface area (Å²) < 4.78 is 13.6. The topological polar surface area (TPSA) is 76.8 Å². The number of likely N-dealkylation sites (tertiary alicyclic amines) is 1. The summed E-state index contributed by atoms with van der Waals surface area (Å²) in [6.45, 7) is 6.90. The van der Waals surface area contributed by atoms with Gasteiger partial charge >= 0.3 is 6.09 Å². The molecule has 7 nitrogen and oxygen atoms in total. The third-order valence-electron chi connectivity index (χ3n) is 5.30. The number of aromatic nitrogens is 2. The molecule has 31 heavy (non-hydrogen) atoms. The van der Waals surface area contributed by atoms with Crippen molar-refractivity contribution in [2.45, 2.75) is 51.9 Å². The van der Waals surface area contributed by atoms with Gasteiger partial charge in [-0.1, -0.05) is 6.07 Å². The van der Waals surface area contributed by atoms with Crippen molar-refractivity contribution in [3.8, 4) is 11.6 Å². The molecule has 0 unspecified atom stereocenters. The molecular formula is C24H29N3O4. The first-order valence-electron chi connectivity index (χ1n) is 10.6. The van der Waals surface area contributed by atoms with Crippen LogP contribution >= 0.6 is 0 Å². The van der Waals surface area contributed by atoms with Crippen molar-refractivity contribution in [1.29, 1.82) is 0 Å². The summed E-state index contributed by atoms with van der Waals surface area (Å²) in [5.41, 5.74) is 1.44. The monoisotopic (exact) mass is 423 g/mol. The molecule has 1 N–H and O–H groups in total.